The molecule has 1 aliphatic heterocycles. The molecule has 0 spiro atoms. The monoisotopic (exact) mass is 386 g/mol. The molecule has 2 rings (SSSR count). The lowest BCUT2D eigenvalue weighted by Gasteiger charge is -2.32. The van der Waals surface area contributed by atoms with E-state index in [4.69, 9.17) is 0 Å². The molecule has 26 heavy (non-hydrogen) atoms. The number of likely N-dealkylation sites (tertiary alicyclic amines) is 1. The molecule has 1 saturated heterocycles. The van der Waals surface area contributed by atoms with Crippen LogP contribution in [0.15, 0.2) is 6.07 Å². The summed E-state index contributed by atoms with van der Waals surface area (Å²) in [7, 11) is 5.22. The second kappa shape index (κ2) is 8.47. The lowest BCUT2D eigenvalue weighted by molar-refractivity contribution is -0.131. The Morgan fingerprint density at radius 3 is 2.65 bits per heavy atom. The number of rotatable bonds is 7. The molecule has 0 bridgehead atoms. The van der Waals surface area contributed by atoms with Crippen LogP contribution in [-0.4, -0.2) is 86.0 Å². The van der Waals surface area contributed by atoms with E-state index in [0.717, 1.165) is 35.1 Å². The first-order chi connectivity index (χ1) is 12.1. The number of hydrogen-bond acceptors (Lipinski definition) is 5. The number of amides is 1. The summed E-state index contributed by atoms with van der Waals surface area (Å²) in [4.78, 5) is 16.2. The molecule has 0 radical (unpaired) electrons. The second-order valence-corrected chi connectivity index (χ2v) is 9.18. The number of carbonyl (C=O) groups excluding carboxylic acids is 1. The Morgan fingerprint density at radius 1 is 1.35 bits per heavy atom. The molecule has 0 aromatic carbocycles. The van der Waals surface area contributed by atoms with Crippen LogP contribution in [0.5, 0.6) is 0 Å². The maximum atomic E-state index is 12.4. The second-order valence-electron chi connectivity index (χ2n) is 7.21. The minimum atomic E-state index is -3.60. The number of nitrogens with zero attached hydrogens (tertiary/aromatic N) is 5. The van der Waals surface area contributed by atoms with Gasteiger partial charge in [0, 0.05) is 46.7 Å². The maximum absolute atomic E-state index is 12.4. The Balaban J connectivity index is 1.99. The Hall–Kier alpha value is -1.49. The Morgan fingerprint density at radius 2 is 2.04 bits per heavy atom. The molecule has 2 heterocycles. The van der Waals surface area contributed by atoms with E-state index >= 15 is 0 Å². The SMILES string of the molecule is CN(C)Cc1cc([C@@H]2CCCN(C(=O)CNS(=O)(=O)N(C)C)C2)nn1C. The maximum Gasteiger partial charge on any atom is 0.279 e. The van der Waals surface area contributed by atoms with Gasteiger partial charge >= 0.3 is 0 Å². The first-order valence-electron chi connectivity index (χ1n) is 8.72. The predicted octanol–water partition coefficient (Wildman–Crippen LogP) is -0.416. The van der Waals surface area contributed by atoms with Gasteiger partial charge in [0.2, 0.25) is 5.91 Å². The van der Waals surface area contributed by atoms with Crippen molar-refractivity contribution in [2.45, 2.75) is 25.3 Å². The normalized spacial score (nSPS) is 18.7. The summed E-state index contributed by atoms with van der Waals surface area (Å²) < 4.78 is 28.8. The van der Waals surface area contributed by atoms with Crippen LogP contribution in [0.25, 0.3) is 0 Å². The van der Waals surface area contributed by atoms with Crippen LogP contribution in [0, 0.1) is 0 Å². The lowest BCUT2D eigenvalue weighted by Crippen LogP contribution is -2.46. The number of nitrogens with one attached hydrogen (secondary N) is 1. The zero-order chi connectivity index (χ0) is 19.5. The van der Waals surface area contributed by atoms with E-state index in [-0.39, 0.29) is 18.4 Å². The fourth-order valence-corrected chi connectivity index (χ4v) is 3.60. The van der Waals surface area contributed by atoms with Crippen molar-refractivity contribution >= 4 is 16.1 Å². The third kappa shape index (κ3) is 5.26. The first-order valence-corrected chi connectivity index (χ1v) is 10.2. The van der Waals surface area contributed by atoms with E-state index in [1.165, 1.54) is 14.1 Å². The van der Waals surface area contributed by atoms with Gasteiger partial charge in [0.1, 0.15) is 0 Å². The van der Waals surface area contributed by atoms with E-state index in [1.54, 1.807) is 4.90 Å². The van der Waals surface area contributed by atoms with Crippen molar-refractivity contribution < 1.29 is 13.2 Å². The standard InChI is InChI=1S/C16H30N6O3S/c1-19(2)12-14-9-15(18-21(14)5)13-7-6-8-22(11-13)16(23)10-17-26(24,25)20(3)4/h9,13,17H,6-8,10-12H2,1-5H3/t13-/m1/s1. The molecule has 9 nitrogen and oxygen atoms in total. The van der Waals surface area contributed by atoms with Gasteiger partial charge in [-0.25, -0.2) is 0 Å². The highest BCUT2D eigenvalue weighted by molar-refractivity contribution is 7.87. The van der Waals surface area contributed by atoms with E-state index in [9.17, 15) is 13.2 Å². The van der Waals surface area contributed by atoms with Crippen LogP contribution >= 0.6 is 0 Å². The molecule has 1 atom stereocenters. The largest absolute Gasteiger partial charge is 0.341 e. The van der Waals surface area contributed by atoms with Gasteiger partial charge in [-0.15, -0.1) is 0 Å². The number of carbonyl (C=O) groups is 1. The molecule has 1 aliphatic rings. The molecule has 1 aromatic heterocycles. The van der Waals surface area contributed by atoms with Crippen molar-refractivity contribution in [3.05, 3.63) is 17.5 Å². The van der Waals surface area contributed by atoms with Crippen LogP contribution in [0.2, 0.25) is 0 Å². The van der Waals surface area contributed by atoms with Crippen LogP contribution in [0.4, 0.5) is 0 Å². The first kappa shape index (κ1) is 20.8. The minimum absolute atomic E-state index is 0.181. The van der Waals surface area contributed by atoms with Gasteiger partial charge in [-0.2, -0.15) is 22.5 Å². The summed E-state index contributed by atoms with van der Waals surface area (Å²) in [6.45, 7) is 1.81. The number of aryl methyl sites for hydroxylation is 1. The van der Waals surface area contributed by atoms with Gasteiger partial charge in [0.15, 0.2) is 0 Å². The number of piperidine rings is 1. The van der Waals surface area contributed by atoms with E-state index in [2.05, 4.69) is 20.8 Å². The van der Waals surface area contributed by atoms with Crippen LogP contribution < -0.4 is 4.72 Å². The predicted molar refractivity (Wildman–Crippen MR) is 99.8 cm³/mol. The third-order valence-electron chi connectivity index (χ3n) is 4.55. The smallest absolute Gasteiger partial charge is 0.279 e. The van der Waals surface area contributed by atoms with Crippen molar-refractivity contribution in [2.75, 3.05) is 47.8 Å². The van der Waals surface area contributed by atoms with Crippen molar-refractivity contribution in [3.63, 3.8) is 0 Å². The van der Waals surface area contributed by atoms with Gasteiger partial charge in [0.25, 0.3) is 10.2 Å². The summed E-state index contributed by atoms with van der Waals surface area (Å²) in [6.07, 6.45) is 1.86. The summed E-state index contributed by atoms with van der Waals surface area (Å²) in [5.41, 5.74) is 2.13. The molecule has 1 fully saturated rings. The lowest BCUT2D eigenvalue weighted by atomic mass is 9.94. The summed E-state index contributed by atoms with van der Waals surface area (Å²) in [5.74, 6) is -0.0233. The molecule has 1 amide bonds. The highest BCUT2D eigenvalue weighted by atomic mass is 32.2. The number of aromatic nitrogens is 2. The Labute approximate surface area is 156 Å². The molecule has 1 N–H and O–H groups in total. The molecular weight excluding hydrogens is 356 g/mol. The fourth-order valence-electron chi connectivity index (χ4n) is 3.04. The van der Waals surface area contributed by atoms with Crippen molar-refractivity contribution in [1.82, 2.24) is 28.6 Å². The summed E-state index contributed by atoms with van der Waals surface area (Å²) in [6, 6.07) is 2.10. The van der Waals surface area contributed by atoms with Gasteiger partial charge in [-0.3, -0.25) is 9.48 Å². The average molecular weight is 387 g/mol. The van der Waals surface area contributed by atoms with Gasteiger partial charge in [-0.1, -0.05) is 0 Å². The summed E-state index contributed by atoms with van der Waals surface area (Å²) >= 11 is 0. The molecule has 1 aromatic rings. The highest BCUT2D eigenvalue weighted by Gasteiger charge is 2.27. The molecule has 0 unspecified atom stereocenters. The molecule has 0 aliphatic carbocycles. The van der Waals surface area contributed by atoms with Crippen molar-refractivity contribution in [1.29, 1.82) is 0 Å². The topological polar surface area (TPSA) is 90.8 Å². The average Bonchev–Trinajstić information content (AvgIpc) is 2.93. The Kier molecular flexibility index (Phi) is 6.78. The summed E-state index contributed by atoms with van der Waals surface area (Å²) in [5, 5.41) is 4.62. The fraction of sp³-hybridized carbons (Fsp3) is 0.750. The van der Waals surface area contributed by atoms with Crippen LogP contribution in [-0.2, 0) is 28.6 Å². The Bertz CT molecular complexity index is 728. The van der Waals surface area contributed by atoms with Gasteiger partial charge < -0.3 is 9.80 Å². The zero-order valence-electron chi connectivity index (χ0n) is 16.3. The van der Waals surface area contributed by atoms with Crippen molar-refractivity contribution in [3.8, 4) is 0 Å². The molecule has 148 valence electrons. The van der Waals surface area contributed by atoms with Gasteiger partial charge in [-0.05, 0) is 33.0 Å². The number of hydrogen-bond donors (Lipinski definition) is 1. The molecule has 0 saturated carbocycles. The quantitative estimate of drug-likeness (QED) is 0.688. The van der Waals surface area contributed by atoms with E-state index in [1.807, 2.05) is 25.8 Å². The van der Waals surface area contributed by atoms with Crippen molar-refractivity contribution in [2.24, 2.45) is 7.05 Å². The van der Waals surface area contributed by atoms with Crippen LogP contribution in [0.3, 0.4) is 0 Å². The van der Waals surface area contributed by atoms with Crippen LogP contribution in [0.1, 0.15) is 30.1 Å². The highest BCUT2D eigenvalue weighted by Crippen LogP contribution is 2.26. The third-order valence-corrected chi connectivity index (χ3v) is 6.02. The minimum Gasteiger partial charge on any atom is -0.341 e. The molecule has 10 heteroatoms. The van der Waals surface area contributed by atoms with E-state index < -0.39 is 10.2 Å². The van der Waals surface area contributed by atoms with E-state index in [0.29, 0.717) is 13.1 Å². The van der Waals surface area contributed by atoms with Gasteiger partial charge in [0.05, 0.1) is 17.9 Å². The molecular formula is C16H30N6O3S. The zero-order valence-corrected chi connectivity index (χ0v) is 17.1.